The lowest BCUT2D eigenvalue weighted by Gasteiger charge is -2.43. The van der Waals surface area contributed by atoms with Gasteiger partial charge >= 0.3 is 5.63 Å². The van der Waals surface area contributed by atoms with Crippen LogP contribution in [0.1, 0.15) is 29.5 Å². The Bertz CT molecular complexity index is 1210. The topological polar surface area (TPSA) is 111 Å². The van der Waals surface area contributed by atoms with Gasteiger partial charge in [0.25, 0.3) is 0 Å². The molecule has 1 fully saturated rings. The van der Waals surface area contributed by atoms with E-state index in [1.165, 1.54) is 12.1 Å². The molecule has 1 saturated heterocycles. The number of phenols is 1. The molecule has 7 nitrogen and oxygen atoms in total. The Balaban J connectivity index is 1.56. The van der Waals surface area contributed by atoms with E-state index in [1.54, 1.807) is 42.2 Å². The number of carboxylic acid groups (broad SMARTS) is 1. The van der Waals surface area contributed by atoms with E-state index in [1.807, 2.05) is 6.07 Å². The number of benzene rings is 2. The largest absolute Gasteiger partial charge is 0.549 e. The first-order valence-electron chi connectivity index (χ1n) is 10.1. The van der Waals surface area contributed by atoms with E-state index < -0.39 is 17.0 Å². The summed E-state index contributed by atoms with van der Waals surface area (Å²) in [5.74, 6) is -1.32. The second-order valence-electron chi connectivity index (χ2n) is 7.97. The first-order valence-corrected chi connectivity index (χ1v) is 10.1. The molecule has 0 spiro atoms. The van der Waals surface area contributed by atoms with Gasteiger partial charge in [0.1, 0.15) is 11.3 Å². The van der Waals surface area contributed by atoms with Gasteiger partial charge in [-0.1, -0.05) is 30.3 Å². The van der Waals surface area contributed by atoms with Gasteiger partial charge in [0.05, 0.1) is 12.4 Å². The maximum Gasteiger partial charge on any atom is 0.336 e. The minimum Gasteiger partial charge on any atom is -0.549 e. The van der Waals surface area contributed by atoms with Gasteiger partial charge in [0.2, 0.25) is 5.91 Å². The van der Waals surface area contributed by atoms with Gasteiger partial charge in [0, 0.05) is 35.5 Å². The number of aliphatic carboxylic acids is 1. The number of likely N-dealkylation sites (tertiary alicyclic amines) is 1. The smallest absolute Gasteiger partial charge is 0.336 e. The van der Waals surface area contributed by atoms with Crippen molar-refractivity contribution < 1.29 is 24.2 Å². The van der Waals surface area contributed by atoms with Gasteiger partial charge in [-0.25, -0.2) is 4.79 Å². The number of hydrogen-bond acceptors (Lipinski definition) is 6. The number of carboxylic acids is 1. The molecule has 1 aromatic heterocycles. The maximum absolute atomic E-state index is 13.0. The number of aryl methyl sites for hydroxylation is 1. The number of aromatic hydroxyl groups is 1. The third-order valence-electron chi connectivity index (χ3n) is 6.25. The highest BCUT2D eigenvalue weighted by molar-refractivity contribution is 5.89. The van der Waals surface area contributed by atoms with Crippen LogP contribution in [0.3, 0.4) is 0 Å². The molecule has 2 heterocycles. The fourth-order valence-electron chi connectivity index (χ4n) is 4.34. The Hall–Kier alpha value is -3.61. The van der Waals surface area contributed by atoms with E-state index in [4.69, 9.17) is 4.42 Å². The maximum atomic E-state index is 13.0. The van der Waals surface area contributed by atoms with Crippen molar-refractivity contribution in [2.45, 2.75) is 31.6 Å². The zero-order valence-corrected chi connectivity index (χ0v) is 17.1. The Morgan fingerprint density at radius 3 is 2.45 bits per heavy atom. The van der Waals surface area contributed by atoms with E-state index in [2.05, 4.69) is 0 Å². The summed E-state index contributed by atoms with van der Waals surface area (Å²) in [6.45, 7) is 2.20. The quantitative estimate of drug-likeness (QED) is 0.643. The lowest BCUT2D eigenvalue weighted by molar-refractivity contribution is -0.315. The number of nitrogens with zero attached hydrogens (tertiary/aromatic N) is 1. The van der Waals surface area contributed by atoms with Gasteiger partial charge in [-0.05, 0) is 43.0 Å². The van der Waals surface area contributed by atoms with Gasteiger partial charge in [-0.15, -0.1) is 0 Å². The van der Waals surface area contributed by atoms with Gasteiger partial charge < -0.3 is 24.3 Å². The third-order valence-corrected chi connectivity index (χ3v) is 6.25. The molecule has 0 aliphatic carbocycles. The van der Waals surface area contributed by atoms with Crippen molar-refractivity contribution in [1.82, 2.24) is 4.90 Å². The number of piperidine rings is 1. The van der Waals surface area contributed by atoms with E-state index in [-0.39, 0.29) is 49.6 Å². The van der Waals surface area contributed by atoms with Crippen molar-refractivity contribution in [3.63, 3.8) is 0 Å². The van der Waals surface area contributed by atoms with Crippen molar-refractivity contribution >= 4 is 22.8 Å². The second-order valence-corrected chi connectivity index (χ2v) is 7.97. The average Bonchev–Trinajstić information content (AvgIpc) is 2.77. The molecule has 1 aliphatic rings. The standard InChI is InChI=1S/C24H23NO6/c1-15-19(26)8-7-18-16(14-21(28)31-22(15)18)13-20(27)25-11-9-24(10-12-25,23(29)30)17-5-3-2-4-6-17/h2-8,14,26H,9-13H2,1H3,(H,29,30)/p-1. The van der Waals surface area contributed by atoms with Crippen LogP contribution in [0.2, 0.25) is 0 Å². The molecule has 0 bridgehead atoms. The molecule has 2 aromatic carbocycles. The van der Waals surface area contributed by atoms with Gasteiger partial charge in [-0.3, -0.25) is 4.79 Å². The van der Waals surface area contributed by atoms with Crippen LogP contribution < -0.4 is 10.7 Å². The van der Waals surface area contributed by atoms with Crippen LogP contribution in [0.5, 0.6) is 5.75 Å². The molecular formula is C24H22NO6-. The Morgan fingerprint density at radius 1 is 1.13 bits per heavy atom. The molecule has 1 aliphatic heterocycles. The fourth-order valence-corrected chi connectivity index (χ4v) is 4.34. The normalized spacial score (nSPS) is 15.7. The number of fused-ring (bicyclic) bond motifs is 1. The molecule has 1 amide bonds. The second kappa shape index (κ2) is 7.91. The monoisotopic (exact) mass is 420 g/mol. The minimum absolute atomic E-state index is 0.00897. The summed E-state index contributed by atoms with van der Waals surface area (Å²) in [5.41, 5.74) is 0.177. The number of amides is 1. The van der Waals surface area contributed by atoms with Crippen LogP contribution in [0.15, 0.2) is 57.7 Å². The summed E-state index contributed by atoms with van der Waals surface area (Å²) in [7, 11) is 0. The Labute approximate surface area is 178 Å². The van der Waals surface area contributed by atoms with Crippen molar-refractivity contribution in [1.29, 1.82) is 0 Å². The minimum atomic E-state index is -1.13. The predicted octanol–water partition coefficient (Wildman–Crippen LogP) is 1.66. The molecule has 1 N–H and O–H groups in total. The third kappa shape index (κ3) is 3.67. The summed E-state index contributed by atoms with van der Waals surface area (Å²) < 4.78 is 5.23. The van der Waals surface area contributed by atoms with Crippen molar-refractivity contribution in [3.8, 4) is 5.75 Å². The molecule has 0 saturated carbocycles. The van der Waals surface area contributed by atoms with Gasteiger partial charge in [-0.2, -0.15) is 0 Å². The van der Waals surface area contributed by atoms with Gasteiger partial charge in [0.15, 0.2) is 0 Å². The molecule has 7 heteroatoms. The highest BCUT2D eigenvalue weighted by atomic mass is 16.4. The zero-order chi connectivity index (χ0) is 22.2. The fraction of sp³-hybridized carbons (Fsp3) is 0.292. The number of carbonyl (C=O) groups is 2. The van der Waals surface area contributed by atoms with Crippen LogP contribution in [0, 0.1) is 6.92 Å². The molecule has 3 aromatic rings. The van der Waals surface area contributed by atoms with E-state index in [9.17, 15) is 24.6 Å². The molecule has 0 atom stereocenters. The van der Waals surface area contributed by atoms with Crippen LogP contribution in [0.25, 0.3) is 11.0 Å². The predicted molar refractivity (Wildman–Crippen MR) is 112 cm³/mol. The first kappa shape index (κ1) is 20.7. The Morgan fingerprint density at radius 2 is 1.81 bits per heavy atom. The number of phenolic OH excluding ortho intramolecular Hbond substituents is 1. The van der Waals surface area contributed by atoms with Crippen molar-refractivity contribution in [2.24, 2.45) is 0 Å². The summed E-state index contributed by atoms with van der Waals surface area (Å²) >= 11 is 0. The number of carbonyl (C=O) groups excluding carboxylic acids is 2. The average molecular weight is 420 g/mol. The van der Waals surface area contributed by atoms with E-state index >= 15 is 0 Å². The Kier molecular flexibility index (Phi) is 5.27. The summed E-state index contributed by atoms with van der Waals surface area (Å²) in [6, 6.07) is 13.4. The SMILES string of the molecule is Cc1c(O)ccc2c(CC(=O)N3CCC(C(=O)[O-])(c4ccccc4)CC3)cc(=O)oc12. The molecule has 4 rings (SSSR count). The molecule has 0 unspecified atom stereocenters. The molecular weight excluding hydrogens is 398 g/mol. The summed E-state index contributed by atoms with van der Waals surface area (Å²) in [6.07, 6.45) is 0.501. The number of rotatable bonds is 4. The van der Waals surface area contributed by atoms with Crippen LogP contribution in [-0.4, -0.2) is 35.0 Å². The lowest BCUT2D eigenvalue weighted by atomic mass is 9.73. The first-order chi connectivity index (χ1) is 14.8. The summed E-state index contributed by atoms with van der Waals surface area (Å²) in [4.78, 5) is 38.6. The van der Waals surface area contributed by atoms with E-state index in [0.717, 1.165) is 0 Å². The van der Waals surface area contributed by atoms with Crippen LogP contribution in [0.4, 0.5) is 0 Å². The highest BCUT2D eigenvalue weighted by Crippen LogP contribution is 2.35. The van der Waals surface area contributed by atoms with Crippen LogP contribution in [-0.2, 0) is 21.4 Å². The molecule has 0 radical (unpaired) electrons. The van der Waals surface area contributed by atoms with Crippen molar-refractivity contribution in [3.05, 3.63) is 75.6 Å². The van der Waals surface area contributed by atoms with E-state index in [0.29, 0.717) is 22.1 Å². The summed E-state index contributed by atoms with van der Waals surface area (Å²) in [5, 5.41) is 22.5. The zero-order valence-electron chi connectivity index (χ0n) is 17.1. The van der Waals surface area contributed by atoms with Crippen molar-refractivity contribution in [2.75, 3.05) is 13.1 Å². The number of hydrogen-bond donors (Lipinski definition) is 1. The van der Waals surface area contributed by atoms with Crippen LogP contribution >= 0.6 is 0 Å². The highest BCUT2D eigenvalue weighted by Gasteiger charge is 2.38. The molecule has 160 valence electrons. The molecule has 31 heavy (non-hydrogen) atoms. The lowest BCUT2D eigenvalue weighted by Crippen LogP contribution is -2.54.